The van der Waals surface area contributed by atoms with Gasteiger partial charge < -0.3 is 9.72 Å². The van der Waals surface area contributed by atoms with E-state index in [9.17, 15) is 4.79 Å². The van der Waals surface area contributed by atoms with E-state index in [4.69, 9.17) is 4.74 Å². The zero-order valence-electron chi connectivity index (χ0n) is 11.7. The minimum atomic E-state index is -0.288. The van der Waals surface area contributed by atoms with Gasteiger partial charge in [-0.3, -0.25) is 0 Å². The van der Waals surface area contributed by atoms with E-state index in [1.54, 1.807) is 0 Å². The van der Waals surface area contributed by atoms with Crippen LogP contribution in [0.15, 0.2) is 24.3 Å². The first-order valence-electron chi connectivity index (χ1n) is 7.26. The van der Waals surface area contributed by atoms with Gasteiger partial charge in [0.05, 0.1) is 6.61 Å². The van der Waals surface area contributed by atoms with Gasteiger partial charge in [-0.25, -0.2) is 4.79 Å². The largest absolute Gasteiger partial charge is 0.463 e. The van der Waals surface area contributed by atoms with E-state index < -0.39 is 0 Å². The molecule has 20 heavy (non-hydrogen) atoms. The number of rotatable bonds is 3. The summed E-state index contributed by atoms with van der Waals surface area (Å²) in [7, 11) is 0. The Morgan fingerprint density at radius 2 is 2.20 bits per heavy atom. The van der Waals surface area contributed by atoms with E-state index in [0.29, 0.717) is 6.61 Å². The van der Waals surface area contributed by atoms with E-state index in [0.717, 1.165) is 18.4 Å². The fourth-order valence-electron chi connectivity index (χ4n) is 2.88. The summed E-state index contributed by atoms with van der Waals surface area (Å²) < 4.78 is 4.89. The minimum absolute atomic E-state index is 0.288. The van der Waals surface area contributed by atoms with E-state index in [-0.39, 0.29) is 5.97 Å². The van der Waals surface area contributed by atoms with Crippen molar-refractivity contribution in [3.8, 4) is 0 Å². The summed E-state index contributed by atoms with van der Waals surface area (Å²) in [6.07, 6.45) is 8.15. The summed E-state index contributed by atoms with van der Waals surface area (Å²) in [6.45, 7) is 2.22. The van der Waals surface area contributed by atoms with Crippen LogP contribution in [0.1, 0.15) is 36.6 Å². The molecule has 104 valence electrons. The third kappa shape index (κ3) is 2.48. The maximum absolute atomic E-state index is 11.3. The minimum Gasteiger partial charge on any atom is -0.463 e. The predicted octanol–water partition coefficient (Wildman–Crippen LogP) is 3.62. The van der Waals surface area contributed by atoms with Crippen molar-refractivity contribution in [3.63, 3.8) is 0 Å². The van der Waals surface area contributed by atoms with Crippen LogP contribution in [0.25, 0.3) is 17.0 Å². The molecule has 0 fully saturated rings. The Hall–Kier alpha value is -2.03. The number of nitrogens with one attached hydrogen (secondary N) is 1. The van der Waals surface area contributed by atoms with E-state index in [1.165, 1.54) is 41.1 Å². The summed E-state index contributed by atoms with van der Waals surface area (Å²) in [5, 5.41) is 1.30. The van der Waals surface area contributed by atoms with Crippen molar-refractivity contribution in [2.75, 3.05) is 6.61 Å². The average Bonchev–Trinajstić information content (AvgIpc) is 2.83. The second-order valence-electron chi connectivity index (χ2n) is 5.18. The molecule has 1 aliphatic rings. The van der Waals surface area contributed by atoms with Crippen LogP contribution in [0, 0.1) is 0 Å². The van der Waals surface area contributed by atoms with Crippen LogP contribution >= 0.6 is 0 Å². The number of aromatic nitrogens is 1. The predicted molar refractivity (Wildman–Crippen MR) is 80.6 cm³/mol. The van der Waals surface area contributed by atoms with Crippen LogP contribution < -0.4 is 0 Å². The third-order valence-electron chi connectivity index (χ3n) is 3.82. The first-order valence-corrected chi connectivity index (χ1v) is 7.26. The summed E-state index contributed by atoms with van der Waals surface area (Å²) in [5.41, 5.74) is 5.08. The molecule has 1 heterocycles. The molecule has 1 aromatic heterocycles. The first kappa shape index (κ1) is 13.0. The number of hydrogen-bond acceptors (Lipinski definition) is 2. The van der Waals surface area contributed by atoms with Crippen LogP contribution in [0.3, 0.4) is 0 Å². The zero-order chi connectivity index (χ0) is 13.9. The third-order valence-corrected chi connectivity index (χ3v) is 3.82. The Morgan fingerprint density at radius 1 is 1.35 bits per heavy atom. The van der Waals surface area contributed by atoms with Crippen LogP contribution in [0.4, 0.5) is 0 Å². The molecule has 1 N–H and O–H groups in total. The number of esters is 1. The number of fused-ring (bicyclic) bond motifs is 3. The molecule has 3 nitrogen and oxygen atoms in total. The van der Waals surface area contributed by atoms with E-state index in [2.05, 4.69) is 17.1 Å². The number of carbonyl (C=O) groups is 1. The van der Waals surface area contributed by atoms with Gasteiger partial charge in [0.1, 0.15) is 0 Å². The van der Waals surface area contributed by atoms with Gasteiger partial charge in [0.25, 0.3) is 0 Å². The van der Waals surface area contributed by atoms with Crippen LogP contribution in [-0.4, -0.2) is 17.6 Å². The van der Waals surface area contributed by atoms with Crippen LogP contribution in [0.5, 0.6) is 0 Å². The Morgan fingerprint density at radius 3 is 3.05 bits per heavy atom. The number of aryl methyl sites for hydroxylation is 2. The van der Waals surface area contributed by atoms with E-state index in [1.807, 2.05) is 19.1 Å². The lowest BCUT2D eigenvalue weighted by Gasteiger charge is -2.10. The van der Waals surface area contributed by atoms with Gasteiger partial charge >= 0.3 is 5.97 Å². The van der Waals surface area contributed by atoms with Crippen molar-refractivity contribution >= 4 is 22.9 Å². The zero-order valence-corrected chi connectivity index (χ0v) is 11.7. The molecule has 0 saturated carbocycles. The molecule has 2 aromatic rings. The molecule has 0 spiro atoms. The second kappa shape index (κ2) is 5.53. The standard InChI is InChI=1S/C17H19NO2/c1-2-20-17(19)10-8-12-7-9-16-14(11-12)13-5-3-4-6-15(13)18-16/h7-11,18H,2-6H2,1H3. The molecular weight excluding hydrogens is 250 g/mol. The quantitative estimate of drug-likeness (QED) is 0.683. The molecule has 0 unspecified atom stereocenters. The number of carbonyl (C=O) groups excluding carboxylic acids is 1. The van der Waals surface area contributed by atoms with Gasteiger partial charge in [-0.1, -0.05) is 6.07 Å². The summed E-state index contributed by atoms with van der Waals surface area (Å²) >= 11 is 0. The highest BCUT2D eigenvalue weighted by Gasteiger charge is 2.14. The number of ether oxygens (including phenoxy) is 1. The smallest absolute Gasteiger partial charge is 0.330 e. The Bertz CT molecular complexity index is 667. The summed E-state index contributed by atoms with van der Waals surface area (Å²) in [5.74, 6) is -0.288. The van der Waals surface area contributed by atoms with Crippen molar-refractivity contribution in [3.05, 3.63) is 41.1 Å². The fraction of sp³-hybridized carbons (Fsp3) is 0.353. The monoisotopic (exact) mass is 269 g/mol. The molecule has 1 aliphatic carbocycles. The fourth-order valence-corrected chi connectivity index (χ4v) is 2.88. The summed E-state index contributed by atoms with van der Waals surface area (Å²) in [4.78, 5) is 14.9. The lowest BCUT2D eigenvalue weighted by molar-refractivity contribution is -0.137. The molecule has 0 amide bonds. The summed E-state index contributed by atoms with van der Waals surface area (Å²) in [6, 6.07) is 6.28. The Balaban J connectivity index is 1.92. The van der Waals surface area contributed by atoms with Crippen molar-refractivity contribution in [1.82, 2.24) is 4.98 Å². The second-order valence-corrected chi connectivity index (χ2v) is 5.18. The molecule has 0 bridgehead atoms. The maximum atomic E-state index is 11.3. The van der Waals surface area contributed by atoms with Gasteiger partial charge in [-0.2, -0.15) is 0 Å². The molecular formula is C17H19NO2. The van der Waals surface area contributed by atoms with Crippen molar-refractivity contribution < 1.29 is 9.53 Å². The van der Waals surface area contributed by atoms with Crippen LogP contribution in [0.2, 0.25) is 0 Å². The lowest BCUT2D eigenvalue weighted by Crippen LogP contribution is -2.00. The Kier molecular flexibility index (Phi) is 3.59. The van der Waals surface area contributed by atoms with Crippen molar-refractivity contribution in [2.45, 2.75) is 32.6 Å². The highest BCUT2D eigenvalue weighted by Crippen LogP contribution is 2.29. The lowest BCUT2D eigenvalue weighted by atomic mass is 9.95. The molecule has 0 saturated heterocycles. The normalized spacial score (nSPS) is 14.7. The van der Waals surface area contributed by atoms with Gasteiger partial charge in [0.15, 0.2) is 0 Å². The van der Waals surface area contributed by atoms with Gasteiger partial charge in [-0.05, 0) is 61.9 Å². The number of benzene rings is 1. The first-order chi connectivity index (χ1) is 9.78. The van der Waals surface area contributed by atoms with Gasteiger partial charge in [0.2, 0.25) is 0 Å². The number of aromatic amines is 1. The van der Waals surface area contributed by atoms with Crippen molar-refractivity contribution in [1.29, 1.82) is 0 Å². The molecule has 0 atom stereocenters. The Labute approximate surface area is 118 Å². The maximum Gasteiger partial charge on any atom is 0.330 e. The average molecular weight is 269 g/mol. The van der Waals surface area contributed by atoms with E-state index >= 15 is 0 Å². The topological polar surface area (TPSA) is 42.1 Å². The SMILES string of the molecule is CCOC(=O)C=Cc1ccc2[nH]c3c(c2c1)CCCC3. The molecule has 0 radical (unpaired) electrons. The molecule has 1 aromatic carbocycles. The van der Waals surface area contributed by atoms with Gasteiger partial charge in [-0.15, -0.1) is 0 Å². The molecule has 3 heteroatoms. The molecule has 3 rings (SSSR count). The van der Waals surface area contributed by atoms with Crippen LogP contribution in [-0.2, 0) is 22.4 Å². The molecule has 0 aliphatic heterocycles. The number of hydrogen-bond donors (Lipinski definition) is 1. The van der Waals surface area contributed by atoms with Crippen molar-refractivity contribution in [2.24, 2.45) is 0 Å². The number of H-pyrrole nitrogens is 1. The highest BCUT2D eigenvalue weighted by atomic mass is 16.5. The highest BCUT2D eigenvalue weighted by molar-refractivity contribution is 5.90. The van der Waals surface area contributed by atoms with Gasteiger partial charge in [0, 0.05) is 22.7 Å².